The number of benzene rings is 1. The van der Waals surface area contributed by atoms with E-state index in [2.05, 4.69) is 19.2 Å². The lowest BCUT2D eigenvalue weighted by Gasteiger charge is -2.14. The maximum atomic E-state index is 12.7. The van der Waals surface area contributed by atoms with Crippen LogP contribution in [0.25, 0.3) is 0 Å². The summed E-state index contributed by atoms with van der Waals surface area (Å²) in [5.74, 6) is 1.43. The van der Waals surface area contributed by atoms with E-state index in [0.29, 0.717) is 18.8 Å². The van der Waals surface area contributed by atoms with Gasteiger partial charge in [0.05, 0.1) is 20.1 Å². The molecule has 2 rings (SSSR count). The molecule has 0 aliphatic carbocycles. The fourth-order valence-electron chi connectivity index (χ4n) is 4.85. The summed E-state index contributed by atoms with van der Waals surface area (Å²) in [6.45, 7) is 5.04. The number of amides is 1. The predicted molar refractivity (Wildman–Crippen MR) is 157 cm³/mol. The highest BCUT2D eigenvalue weighted by Gasteiger charge is 2.18. The third-order valence-electron chi connectivity index (χ3n) is 7.16. The number of pyridine rings is 1. The number of carbonyl (C=O) groups is 1. The summed E-state index contributed by atoms with van der Waals surface area (Å²) in [6, 6.07) is 11.7. The number of nitrogens with one attached hydrogen (secondary N) is 1. The van der Waals surface area contributed by atoms with Gasteiger partial charge < -0.3 is 9.47 Å². The van der Waals surface area contributed by atoms with Crippen molar-refractivity contribution in [1.29, 1.82) is 0 Å². The Kier molecular flexibility index (Phi) is 17.0. The van der Waals surface area contributed by atoms with Gasteiger partial charge in [-0.3, -0.25) is 10.1 Å². The van der Waals surface area contributed by atoms with Gasteiger partial charge in [0.1, 0.15) is 0 Å². The van der Waals surface area contributed by atoms with Gasteiger partial charge in [-0.05, 0) is 24.1 Å². The minimum absolute atomic E-state index is 0.00802. The van der Waals surface area contributed by atoms with Crippen LogP contribution in [0.3, 0.4) is 0 Å². The van der Waals surface area contributed by atoms with Gasteiger partial charge in [0.25, 0.3) is 0 Å². The molecule has 2 aromatic rings. The molecule has 0 saturated carbocycles. The van der Waals surface area contributed by atoms with Gasteiger partial charge in [-0.25, -0.2) is 0 Å². The van der Waals surface area contributed by atoms with Crippen LogP contribution in [0.4, 0.5) is 0 Å². The Balaban J connectivity index is 1.58. The normalized spacial score (nSPS) is 11.8. The first-order valence-corrected chi connectivity index (χ1v) is 15.2. The van der Waals surface area contributed by atoms with Crippen molar-refractivity contribution in [3.8, 4) is 11.5 Å². The van der Waals surface area contributed by atoms with Gasteiger partial charge in [0, 0.05) is 18.6 Å². The standard InChI is InChI=1S/C33H52N2O3/c1-4-6-7-8-9-10-11-12-13-14-15-16-17-21-26-38-30-23-22-29(27-31(30)37-3)28-33(36)34-32(5-2)35-24-19-18-20-25-35/h18-20,22-25,27,32H,4-17,21,26,28H2,1-3H3/p+1. The molecule has 1 N–H and O–H groups in total. The SMILES string of the molecule is CCCCCCCCCCCCCCCCOc1ccc(CC(=O)NC(CC)[n+]2ccccc2)cc1OC. The van der Waals surface area contributed by atoms with E-state index in [1.165, 1.54) is 83.5 Å². The van der Waals surface area contributed by atoms with Gasteiger partial charge in [-0.2, -0.15) is 4.57 Å². The third kappa shape index (κ3) is 13.3. The first kappa shape index (κ1) is 31.7. The van der Waals surface area contributed by atoms with Crippen molar-refractivity contribution in [2.24, 2.45) is 0 Å². The number of hydrogen-bond acceptors (Lipinski definition) is 3. The first-order chi connectivity index (χ1) is 18.7. The molecule has 1 unspecified atom stereocenters. The number of aromatic nitrogens is 1. The van der Waals surface area contributed by atoms with Crippen molar-refractivity contribution in [1.82, 2.24) is 5.32 Å². The van der Waals surface area contributed by atoms with Crippen LogP contribution >= 0.6 is 0 Å². The van der Waals surface area contributed by atoms with E-state index in [9.17, 15) is 4.79 Å². The summed E-state index contributed by atoms with van der Waals surface area (Å²) in [4.78, 5) is 12.7. The lowest BCUT2D eigenvalue weighted by molar-refractivity contribution is -0.727. The second-order valence-electron chi connectivity index (χ2n) is 10.4. The van der Waals surface area contributed by atoms with Gasteiger partial charge in [-0.15, -0.1) is 0 Å². The van der Waals surface area contributed by atoms with E-state index in [-0.39, 0.29) is 12.1 Å². The Morgan fingerprint density at radius 3 is 1.92 bits per heavy atom. The van der Waals surface area contributed by atoms with E-state index >= 15 is 0 Å². The molecular weight excluding hydrogens is 472 g/mol. The molecule has 38 heavy (non-hydrogen) atoms. The van der Waals surface area contributed by atoms with Crippen LogP contribution in [0.1, 0.15) is 122 Å². The molecule has 0 radical (unpaired) electrons. The van der Waals surface area contributed by atoms with E-state index < -0.39 is 0 Å². The van der Waals surface area contributed by atoms with Crippen LogP contribution in [0.5, 0.6) is 11.5 Å². The van der Waals surface area contributed by atoms with Gasteiger partial charge >= 0.3 is 0 Å². The molecule has 0 fully saturated rings. The molecule has 5 nitrogen and oxygen atoms in total. The number of unbranched alkanes of at least 4 members (excludes halogenated alkanes) is 13. The van der Waals surface area contributed by atoms with E-state index in [4.69, 9.17) is 9.47 Å². The smallest absolute Gasteiger partial charge is 0.233 e. The summed E-state index contributed by atoms with van der Waals surface area (Å²) in [5, 5.41) is 3.12. The molecule has 1 heterocycles. The highest BCUT2D eigenvalue weighted by molar-refractivity contribution is 5.78. The first-order valence-electron chi connectivity index (χ1n) is 15.2. The summed E-state index contributed by atoms with van der Waals surface area (Å²) in [7, 11) is 1.65. The molecule has 212 valence electrons. The van der Waals surface area contributed by atoms with Crippen LogP contribution in [-0.2, 0) is 11.2 Å². The highest BCUT2D eigenvalue weighted by atomic mass is 16.5. The van der Waals surface area contributed by atoms with Gasteiger partial charge in [0.2, 0.25) is 12.1 Å². The van der Waals surface area contributed by atoms with Crippen molar-refractivity contribution in [2.75, 3.05) is 13.7 Å². The summed E-state index contributed by atoms with van der Waals surface area (Å²) >= 11 is 0. The Labute approximate surface area is 232 Å². The Morgan fingerprint density at radius 1 is 0.789 bits per heavy atom. The maximum Gasteiger partial charge on any atom is 0.233 e. The number of carbonyl (C=O) groups excluding carboxylic acids is 1. The van der Waals surface area contributed by atoms with Gasteiger partial charge in [0.15, 0.2) is 23.9 Å². The largest absolute Gasteiger partial charge is 0.493 e. The minimum atomic E-state index is -0.0571. The average molecular weight is 526 g/mol. The van der Waals surface area contributed by atoms with E-state index in [1.807, 2.05) is 53.4 Å². The fourth-order valence-corrected chi connectivity index (χ4v) is 4.85. The zero-order valence-electron chi connectivity index (χ0n) is 24.4. The lowest BCUT2D eigenvalue weighted by Crippen LogP contribution is -2.49. The molecule has 1 amide bonds. The van der Waals surface area contributed by atoms with Crippen LogP contribution in [0.15, 0.2) is 48.8 Å². The highest BCUT2D eigenvalue weighted by Crippen LogP contribution is 2.28. The number of hydrogen-bond donors (Lipinski definition) is 1. The molecule has 1 aromatic heterocycles. The molecule has 1 atom stereocenters. The van der Waals surface area contributed by atoms with Crippen LogP contribution in [0, 0.1) is 0 Å². The van der Waals surface area contributed by atoms with Crippen LogP contribution < -0.4 is 19.4 Å². The summed E-state index contributed by atoms with van der Waals surface area (Å²) < 4.78 is 13.6. The fraction of sp³-hybridized carbons (Fsp3) is 0.636. The Bertz CT molecular complexity index is 872. The minimum Gasteiger partial charge on any atom is -0.493 e. The number of nitrogens with zero attached hydrogens (tertiary/aromatic N) is 1. The van der Waals surface area contributed by atoms with Gasteiger partial charge in [-0.1, -0.05) is 109 Å². The van der Waals surface area contributed by atoms with Crippen molar-refractivity contribution in [2.45, 2.75) is 123 Å². The topological polar surface area (TPSA) is 51.4 Å². The molecule has 0 bridgehead atoms. The second-order valence-corrected chi connectivity index (χ2v) is 10.4. The average Bonchev–Trinajstić information content (AvgIpc) is 2.94. The van der Waals surface area contributed by atoms with Crippen LogP contribution in [0.2, 0.25) is 0 Å². The zero-order valence-corrected chi connectivity index (χ0v) is 24.4. The van der Waals surface area contributed by atoms with Crippen molar-refractivity contribution < 1.29 is 18.8 Å². The molecule has 1 aromatic carbocycles. The van der Waals surface area contributed by atoms with E-state index in [0.717, 1.165) is 24.2 Å². The summed E-state index contributed by atoms with van der Waals surface area (Å²) in [6.07, 6.45) is 23.9. The molecule has 0 aliphatic rings. The lowest BCUT2D eigenvalue weighted by atomic mass is 10.0. The number of ether oxygens (including phenoxy) is 2. The molecular formula is C33H53N2O3+. The van der Waals surface area contributed by atoms with Crippen LogP contribution in [-0.4, -0.2) is 19.6 Å². The quantitative estimate of drug-likeness (QED) is 0.125. The predicted octanol–water partition coefficient (Wildman–Crippen LogP) is 8.11. The monoisotopic (exact) mass is 525 g/mol. The molecule has 0 spiro atoms. The van der Waals surface area contributed by atoms with E-state index in [1.54, 1.807) is 7.11 Å². The Morgan fingerprint density at radius 2 is 1.37 bits per heavy atom. The maximum absolute atomic E-state index is 12.7. The van der Waals surface area contributed by atoms with Crippen molar-refractivity contribution >= 4 is 5.91 Å². The molecule has 0 aliphatic heterocycles. The second kappa shape index (κ2) is 20.4. The van der Waals surface area contributed by atoms with Crippen molar-refractivity contribution in [3.05, 3.63) is 54.4 Å². The van der Waals surface area contributed by atoms with Crippen molar-refractivity contribution in [3.63, 3.8) is 0 Å². The zero-order chi connectivity index (χ0) is 27.3. The molecule has 0 saturated heterocycles. The molecule has 5 heteroatoms. The number of methoxy groups -OCH3 is 1. The summed E-state index contributed by atoms with van der Waals surface area (Å²) in [5.41, 5.74) is 0.913. The Hall–Kier alpha value is -2.56. The number of rotatable bonds is 22. The third-order valence-corrected chi connectivity index (χ3v) is 7.16.